The van der Waals surface area contributed by atoms with Crippen molar-refractivity contribution in [3.8, 4) is 22.8 Å². The van der Waals surface area contributed by atoms with Gasteiger partial charge in [-0.05, 0) is 67.7 Å². The molecule has 2 saturated carbocycles. The Labute approximate surface area is 238 Å². The van der Waals surface area contributed by atoms with Gasteiger partial charge in [-0.3, -0.25) is 9.69 Å². The molecule has 3 fully saturated rings. The van der Waals surface area contributed by atoms with E-state index in [2.05, 4.69) is 0 Å². The smallest absolute Gasteiger partial charge is 0.266 e. The third-order valence-corrected chi connectivity index (χ3v) is 9.22. The number of furan rings is 1. The number of rotatable bonds is 12. The second kappa shape index (κ2) is 12.4. The van der Waals surface area contributed by atoms with Crippen LogP contribution in [0.2, 0.25) is 0 Å². The molecule has 8 nitrogen and oxygen atoms in total. The first-order chi connectivity index (χ1) is 18.9. The fraction of sp³-hybridized carbons (Fsp3) is 0.517. The van der Waals surface area contributed by atoms with Gasteiger partial charge in [-0.25, -0.2) is 0 Å². The lowest BCUT2D eigenvalue weighted by atomic mass is 9.94. The van der Waals surface area contributed by atoms with E-state index in [0.717, 1.165) is 17.5 Å². The number of thioether (sulfide) groups is 1. The summed E-state index contributed by atoms with van der Waals surface area (Å²) in [6.07, 6.45) is 6.92. The van der Waals surface area contributed by atoms with Crippen LogP contribution in [0.4, 0.5) is 0 Å². The summed E-state index contributed by atoms with van der Waals surface area (Å²) in [4.78, 5) is 16.0. The molecule has 1 aromatic carbocycles. The van der Waals surface area contributed by atoms with E-state index in [4.69, 9.17) is 36.0 Å². The van der Waals surface area contributed by atoms with Gasteiger partial charge in [-0.15, -0.1) is 0 Å². The Morgan fingerprint density at radius 3 is 2.77 bits per heavy atom. The highest BCUT2D eigenvalue weighted by atomic mass is 32.2. The fourth-order valence-electron chi connectivity index (χ4n) is 5.94. The van der Waals surface area contributed by atoms with E-state index in [1.54, 1.807) is 20.3 Å². The van der Waals surface area contributed by atoms with Gasteiger partial charge in [0, 0.05) is 24.8 Å². The number of aryl methyl sites for hydroxylation is 1. The molecule has 4 atom stereocenters. The zero-order valence-corrected chi connectivity index (χ0v) is 23.9. The van der Waals surface area contributed by atoms with Crippen LogP contribution >= 0.6 is 24.0 Å². The van der Waals surface area contributed by atoms with Crippen molar-refractivity contribution in [3.05, 3.63) is 40.5 Å². The quantitative estimate of drug-likeness (QED) is 0.213. The molecular formula is C29H35NO7S2. The number of nitrogens with zero attached hydrogens (tertiary/aromatic N) is 1. The van der Waals surface area contributed by atoms with Crippen molar-refractivity contribution in [1.29, 1.82) is 0 Å². The average Bonchev–Trinajstić information content (AvgIpc) is 3.72. The fourth-order valence-corrected chi connectivity index (χ4v) is 7.29. The van der Waals surface area contributed by atoms with Crippen molar-refractivity contribution in [2.24, 2.45) is 11.8 Å². The van der Waals surface area contributed by atoms with Gasteiger partial charge in [-0.1, -0.05) is 30.4 Å². The van der Waals surface area contributed by atoms with Crippen LogP contribution in [0.15, 0.2) is 33.6 Å². The zero-order chi connectivity index (χ0) is 27.5. The predicted molar refractivity (Wildman–Crippen MR) is 154 cm³/mol. The molecule has 2 heterocycles. The minimum Gasteiger partial charge on any atom is -0.497 e. The third-order valence-electron chi connectivity index (χ3n) is 7.89. The van der Waals surface area contributed by atoms with E-state index in [9.17, 15) is 9.90 Å². The summed E-state index contributed by atoms with van der Waals surface area (Å²) in [5, 5.41) is 18.5. The van der Waals surface area contributed by atoms with Crippen molar-refractivity contribution < 1.29 is 33.6 Å². The van der Waals surface area contributed by atoms with Gasteiger partial charge in [-0.2, -0.15) is 0 Å². The molecule has 39 heavy (non-hydrogen) atoms. The molecule has 1 amide bonds. The molecule has 1 aromatic heterocycles. The van der Waals surface area contributed by atoms with Gasteiger partial charge in [0.2, 0.25) is 0 Å². The molecule has 3 aliphatic rings. The third kappa shape index (κ3) is 6.05. The van der Waals surface area contributed by atoms with Crippen LogP contribution in [0.3, 0.4) is 0 Å². The van der Waals surface area contributed by atoms with Crippen molar-refractivity contribution in [1.82, 2.24) is 4.90 Å². The van der Waals surface area contributed by atoms with Crippen LogP contribution in [0.5, 0.6) is 11.5 Å². The Kier molecular flexibility index (Phi) is 8.98. The maximum Gasteiger partial charge on any atom is 0.266 e. The van der Waals surface area contributed by atoms with Gasteiger partial charge < -0.3 is 28.8 Å². The monoisotopic (exact) mass is 573 g/mol. The van der Waals surface area contributed by atoms with Crippen LogP contribution in [0, 0.1) is 11.8 Å². The second-order valence-electron chi connectivity index (χ2n) is 10.4. The number of aliphatic hydroxyl groups is 2. The lowest BCUT2D eigenvalue weighted by Gasteiger charge is -2.30. The van der Waals surface area contributed by atoms with Crippen LogP contribution in [-0.4, -0.2) is 71.5 Å². The van der Waals surface area contributed by atoms with Gasteiger partial charge in [0.1, 0.15) is 33.4 Å². The minimum atomic E-state index is -0.888. The number of amides is 1. The average molecular weight is 574 g/mol. The topological polar surface area (TPSA) is 102 Å². The molecule has 0 spiro atoms. The van der Waals surface area contributed by atoms with Crippen LogP contribution in [-0.2, 0) is 16.0 Å². The van der Waals surface area contributed by atoms with Crippen LogP contribution in [0.25, 0.3) is 17.4 Å². The molecule has 2 aromatic rings. The molecule has 1 aliphatic heterocycles. The molecular weight excluding hydrogens is 538 g/mol. The number of hydrogen-bond acceptors (Lipinski definition) is 9. The van der Waals surface area contributed by atoms with E-state index in [-0.39, 0.29) is 25.2 Å². The molecule has 5 rings (SSSR count). The van der Waals surface area contributed by atoms with Gasteiger partial charge in [0.15, 0.2) is 0 Å². The standard InChI is InChI=1S/C29H35NO7S2/c1-34-21-7-8-22(25(13-21)35-2)26-12-19(4-3-9-36-16-20(32)15-31)24(37-26)14-27-28(33)30(29(38)39-27)23-11-17-5-6-18(23)10-17/h7-8,12-14,17-18,20,23,31-32H,3-6,9-11,15-16H2,1-2H3/b27-14-/t17?,18?,20-,23?/m0/s1. The molecule has 2 N–H and O–H groups in total. The Morgan fingerprint density at radius 2 is 2.08 bits per heavy atom. The number of methoxy groups -OCH3 is 2. The highest BCUT2D eigenvalue weighted by Crippen LogP contribution is 2.49. The summed E-state index contributed by atoms with van der Waals surface area (Å²) in [6, 6.07) is 7.72. The van der Waals surface area contributed by atoms with E-state index < -0.39 is 6.10 Å². The number of thiocarbonyl (C=S) groups is 1. The predicted octanol–water partition coefficient (Wildman–Crippen LogP) is 4.66. The lowest BCUT2D eigenvalue weighted by molar-refractivity contribution is -0.124. The van der Waals surface area contributed by atoms with Gasteiger partial charge in [0.25, 0.3) is 5.91 Å². The lowest BCUT2D eigenvalue weighted by Crippen LogP contribution is -2.41. The second-order valence-corrected chi connectivity index (χ2v) is 12.1. The minimum absolute atomic E-state index is 0.0326. The van der Waals surface area contributed by atoms with Crippen LogP contribution in [0.1, 0.15) is 43.4 Å². The summed E-state index contributed by atoms with van der Waals surface area (Å²) >= 11 is 7.02. The zero-order valence-electron chi connectivity index (χ0n) is 22.3. The molecule has 2 aliphatic carbocycles. The Balaban J connectivity index is 1.40. The molecule has 210 valence electrons. The van der Waals surface area contributed by atoms with Gasteiger partial charge >= 0.3 is 0 Å². The van der Waals surface area contributed by atoms with E-state index in [1.807, 2.05) is 29.2 Å². The Hall–Kier alpha value is -2.37. The number of aliphatic hydroxyl groups excluding tert-OH is 2. The van der Waals surface area contributed by atoms with Crippen molar-refractivity contribution in [2.75, 3.05) is 34.0 Å². The number of benzene rings is 1. The molecule has 10 heteroatoms. The summed E-state index contributed by atoms with van der Waals surface area (Å²) in [5.41, 5.74) is 1.70. The molecule has 1 saturated heterocycles. The molecule has 3 unspecified atom stereocenters. The summed E-state index contributed by atoms with van der Waals surface area (Å²) in [7, 11) is 3.20. The first kappa shape index (κ1) is 28.2. The van der Waals surface area contributed by atoms with Gasteiger partial charge in [0.05, 0.1) is 37.9 Å². The van der Waals surface area contributed by atoms with Crippen molar-refractivity contribution >= 4 is 40.3 Å². The van der Waals surface area contributed by atoms with Crippen molar-refractivity contribution in [3.63, 3.8) is 0 Å². The number of hydrogen-bond donors (Lipinski definition) is 2. The largest absolute Gasteiger partial charge is 0.497 e. The van der Waals surface area contributed by atoms with E-state index in [0.29, 0.717) is 63.5 Å². The summed E-state index contributed by atoms with van der Waals surface area (Å²) in [6.45, 7) is 0.156. The van der Waals surface area contributed by atoms with E-state index >= 15 is 0 Å². The maximum absolute atomic E-state index is 13.5. The normalized spacial score (nSPS) is 24.3. The maximum atomic E-state index is 13.5. The Bertz CT molecular complexity index is 1240. The number of carbonyl (C=O) groups excluding carboxylic acids is 1. The molecule has 2 bridgehead atoms. The molecule has 0 radical (unpaired) electrons. The van der Waals surface area contributed by atoms with Crippen molar-refractivity contribution in [2.45, 2.75) is 50.7 Å². The SMILES string of the molecule is COc1ccc(-c2cc(CCCOC[C@@H](O)CO)c(/C=C3\SC(=S)N(C4CC5CCC4C5)C3=O)o2)c(OC)c1. The summed E-state index contributed by atoms with van der Waals surface area (Å²) in [5.74, 6) is 3.75. The highest BCUT2D eigenvalue weighted by Gasteiger charge is 2.48. The number of ether oxygens (including phenoxy) is 3. The van der Waals surface area contributed by atoms with E-state index in [1.165, 1.54) is 31.0 Å². The number of fused-ring (bicyclic) bond motifs is 2. The highest BCUT2D eigenvalue weighted by molar-refractivity contribution is 8.26. The Morgan fingerprint density at radius 1 is 1.23 bits per heavy atom. The summed E-state index contributed by atoms with van der Waals surface area (Å²) < 4.78 is 23.4. The van der Waals surface area contributed by atoms with Crippen LogP contribution < -0.4 is 9.47 Å². The number of carbonyl (C=O) groups is 1. The first-order valence-electron chi connectivity index (χ1n) is 13.4. The first-order valence-corrected chi connectivity index (χ1v) is 14.6.